The zero-order valence-corrected chi connectivity index (χ0v) is 23.1. The minimum absolute atomic E-state index is 0.100. The number of amides is 2. The summed E-state index contributed by atoms with van der Waals surface area (Å²) in [5, 5.41) is 22.3. The molecule has 4 rings (SSSR count). The maximum Gasteiger partial charge on any atom is 0.319 e. The molecule has 0 radical (unpaired) electrons. The Bertz CT molecular complexity index is 1190. The van der Waals surface area contributed by atoms with Gasteiger partial charge in [0.2, 0.25) is 0 Å². The van der Waals surface area contributed by atoms with Crippen molar-refractivity contribution in [2.45, 2.75) is 57.7 Å². The molecule has 200 valence electrons. The third-order valence-corrected chi connectivity index (χ3v) is 7.24. The highest BCUT2D eigenvalue weighted by Crippen LogP contribution is 2.26. The predicted octanol–water partition coefficient (Wildman–Crippen LogP) is 3.80. The van der Waals surface area contributed by atoms with E-state index in [1.165, 1.54) is 0 Å². The van der Waals surface area contributed by atoms with Gasteiger partial charge in [-0.1, -0.05) is 55.3 Å². The number of hydrogen-bond donors (Lipinski definition) is 4. The molecule has 2 aliphatic heterocycles. The quantitative estimate of drug-likeness (QED) is 0.262. The number of para-hydroxylation sites is 1. The summed E-state index contributed by atoms with van der Waals surface area (Å²) in [4.78, 5) is 25.5. The fourth-order valence-corrected chi connectivity index (χ4v) is 4.78. The van der Waals surface area contributed by atoms with E-state index in [2.05, 4.69) is 20.9 Å². The largest absolute Gasteiger partial charge is 0.376 e. The standard InChI is InChI=1S/C26H35Cl2N7O2/c1-5-17(27)10-11-26(4,28)33-25(37)35-13-12-34-14-20-29-19-9-7-6-8-18(19)23(30-20)32-22(16(2)3)24(36)31-21(34)15-35/h5-11,16,21-22,24,31,36H,12-15H2,1-4H3,(H,33,37)(H,29,30,32)/b11-10-,17-5+. The minimum atomic E-state index is -1.11. The Morgan fingerprint density at radius 3 is 2.78 bits per heavy atom. The molecular formula is C26H35Cl2N7O2. The van der Waals surface area contributed by atoms with Gasteiger partial charge in [-0.05, 0) is 44.1 Å². The van der Waals surface area contributed by atoms with Crippen molar-refractivity contribution < 1.29 is 9.90 Å². The van der Waals surface area contributed by atoms with Crippen LogP contribution < -0.4 is 16.0 Å². The number of carbonyl (C=O) groups is 1. The second-order valence-electron chi connectivity index (χ2n) is 9.98. The van der Waals surface area contributed by atoms with Crippen LogP contribution in [0.4, 0.5) is 10.6 Å². The van der Waals surface area contributed by atoms with E-state index in [9.17, 15) is 9.90 Å². The molecule has 4 atom stereocenters. The Labute approximate surface area is 227 Å². The molecule has 0 aliphatic carbocycles. The molecule has 3 heterocycles. The van der Waals surface area contributed by atoms with Crippen molar-refractivity contribution in [3.63, 3.8) is 0 Å². The molecule has 9 nitrogen and oxygen atoms in total. The van der Waals surface area contributed by atoms with Crippen LogP contribution in [0.1, 0.15) is 33.5 Å². The molecule has 4 N–H and O–H groups in total. The summed E-state index contributed by atoms with van der Waals surface area (Å²) in [5.74, 6) is 1.50. The van der Waals surface area contributed by atoms with E-state index in [4.69, 9.17) is 33.2 Å². The lowest BCUT2D eigenvalue weighted by atomic mass is 10.0. The van der Waals surface area contributed by atoms with Gasteiger partial charge in [0, 0.05) is 23.5 Å². The molecule has 2 bridgehead atoms. The highest BCUT2D eigenvalue weighted by Gasteiger charge is 2.36. The number of rotatable bonds is 4. The van der Waals surface area contributed by atoms with Crippen LogP contribution in [0.25, 0.3) is 10.9 Å². The summed E-state index contributed by atoms with van der Waals surface area (Å²) in [6.45, 7) is 9.49. The molecule has 1 saturated heterocycles. The fourth-order valence-electron chi connectivity index (χ4n) is 4.57. The summed E-state index contributed by atoms with van der Waals surface area (Å²) >= 11 is 12.5. The van der Waals surface area contributed by atoms with Gasteiger partial charge in [0.1, 0.15) is 22.9 Å². The molecule has 1 fully saturated rings. The summed E-state index contributed by atoms with van der Waals surface area (Å²) in [6.07, 6.45) is 3.84. The van der Waals surface area contributed by atoms with Crippen molar-refractivity contribution in [1.29, 1.82) is 0 Å². The number of alkyl halides is 1. The van der Waals surface area contributed by atoms with Crippen LogP contribution in [0.3, 0.4) is 0 Å². The Kier molecular flexibility index (Phi) is 8.60. The normalized spacial score (nSPS) is 25.0. The number of halogens is 2. The van der Waals surface area contributed by atoms with Crippen LogP contribution in [-0.4, -0.2) is 74.0 Å². The van der Waals surface area contributed by atoms with Crippen LogP contribution in [-0.2, 0) is 6.54 Å². The maximum absolute atomic E-state index is 13.1. The van der Waals surface area contributed by atoms with Gasteiger partial charge in [-0.3, -0.25) is 10.2 Å². The molecule has 2 aromatic rings. The van der Waals surface area contributed by atoms with Gasteiger partial charge in [-0.25, -0.2) is 14.8 Å². The molecule has 2 aliphatic rings. The number of aliphatic hydroxyl groups excluding tert-OH is 1. The average Bonchev–Trinajstić information content (AvgIpc) is 2.85. The number of nitrogens with one attached hydrogen (secondary N) is 3. The van der Waals surface area contributed by atoms with Gasteiger partial charge in [-0.15, -0.1) is 0 Å². The van der Waals surface area contributed by atoms with Crippen LogP contribution in [0.15, 0.2) is 47.5 Å². The number of urea groups is 1. The second-order valence-corrected chi connectivity index (χ2v) is 11.2. The van der Waals surface area contributed by atoms with Crippen molar-refractivity contribution in [3.05, 3.63) is 53.4 Å². The van der Waals surface area contributed by atoms with Crippen LogP contribution in [0.2, 0.25) is 0 Å². The number of fused-ring (bicyclic) bond motifs is 5. The van der Waals surface area contributed by atoms with Gasteiger partial charge in [0.15, 0.2) is 0 Å². The number of nitrogens with zero attached hydrogens (tertiary/aromatic N) is 4. The zero-order valence-electron chi connectivity index (χ0n) is 21.6. The Morgan fingerprint density at radius 2 is 2.05 bits per heavy atom. The van der Waals surface area contributed by atoms with Gasteiger partial charge >= 0.3 is 6.03 Å². The average molecular weight is 549 g/mol. The molecule has 1 aromatic carbocycles. The molecule has 4 unspecified atom stereocenters. The summed E-state index contributed by atoms with van der Waals surface area (Å²) in [6, 6.07) is 7.25. The topological polar surface area (TPSA) is 106 Å². The summed E-state index contributed by atoms with van der Waals surface area (Å²) in [7, 11) is 0. The van der Waals surface area contributed by atoms with E-state index in [-0.39, 0.29) is 24.2 Å². The van der Waals surface area contributed by atoms with Gasteiger partial charge in [0.25, 0.3) is 0 Å². The van der Waals surface area contributed by atoms with E-state index in [0.29, 0.717) is 42.9 Å². The smallest absolute Gasteiger partial charge is 0.319 e. The molecule has 0 saturated carbocycles. The molecule has 37 heavy (non-hydrogen) atoms. The zero-order chi connectivity index (χ0) is 26.7. The molecule has 0 spiro atoms. The van der Waals surface area contributed by atoms with Crippen LogP contribution >= 0.6 is 23.2 Å². The summed E-state index contributed by atoms with van der Waals surface area (Å²) < 4.78 is 0. The maximum atomic E-state index is 13.1. The molecular weight excluding hydrogens is 513 g/mol. The highest BCUT2D eigenvalue weighted by molar-refractivity contribution is 6.31. The SMILES string of the molecule is C/C=C(Cl)\C=C/C(C)(Cl)NC(=O)N1CCN2Cc3nc(c4ccccc4n3)NC(C(C)C)C(O)NC2C1. The third kappa shape index (κ3) is 6.72. The molecule has 1 aromatic heterocycles. The van der Waals surface area contributed by atoms with Gasteiger partial charge < -0.3 is 20.6 Å². The van der Waals surface area contributed by atoms with Crippen molar-refractivity contribution in [2.24, 2.45) is 5.92 Å². The number of piperazine rings is 1. The lowest BCUT2D eigenvalue weighted by molar-refractivity contribution is 0.00491. The van der Waals surface area contributed by atoms with Gasteiger partial charge in [0.05, 0.1) is 30.8 Å². The number of carbonyl (C=O) groups excluding carboxylic acids is 1. The molecule has 11 heteroatoms. The number of aliphatic hydroxyl groups is 1. The van der Waals surface area contributed by atoms with E-state index < -0.39 is 11.2 Å². The Morgan fingerprint density at radius 1 is 1.30 bits per heavy atom. The van der Waals surface area contributed by atoms with E-state index in [1.807, 2.05) is 45.0 Å². The minimum Gasteiger partial charge on any atom is -0.376 e. The number of benzene rings is 1. The summed E-state index contributed by atoms with van der Waals surface area (Å²) in [5.41, 5.74) is 0.850. The van der Waals surface area contributed by atoms with E-state index in [1.54, 1.807) is 30.1 Å². The lowest BCUT2D eigenvalue weighted by Gasteiger charge is -2.44. The molecule has 2 amide bonds. The Balaban J connectivity index is 1.57. The van der Waals surface area contributed by atoms with Crippen molar-refractivity contribution in [1.82, 2.24) is 30.4 Å². The van der Waals surface area contributed by atoms with Crippen molar-refractivity contribution >= 4 is 46.0 Å². The van der Waals surface area contributed by atoms with E-state index in [0.717, 1.165) is 10.9 Å². The second kappa shape index (κ2) is 11.5. The Hall–Kier alpha value is -2.43. The lowest BCUT2D eigenvalue weighted by Crippen LogP contribution is -2.65. The first-order valence-corrected chi connectivity index (χ1v) is 13.3. The monoisotopic (exact) mass is 547 g/mol. The first-order chi connectivity index (χ1) is 17.6. The van der Waals surface area contributed by atoms with Crippen LogP contribution in [0.5, 0.6) is 0 Å². The van der Waals surface area contributed by atoms with E-state index >= 15 is 0 Å². The number of aromatic nitrogens is 2. The fraction of sp³-hybridized carbons (Fsp3) is 0.500. The number of anilines is 1. The van der Waals surface area contributed by atoms with Crippen molar-refractivity contribution in [3.8, 4) is 0 Å². The van der Waals surface area contributed by atoms with Crippen molar-refractivity contribution in [2.75, 3.05) is 25.0 Å². The third-order valence-electron chi connectivity index (χ3n) is 6.68. The highest BCUT2D eigenvalue weighted by atomic mass is 35.5. The van der Waals surface area contributed by atoms with Gasteiger partial charge in [-0.2, -0.15) is 0 Å². The number of allylic oxidation sites excluding steroid dienone is 3. The predicted molar refractivity (Wildman–Crippen MR) is 148 cm³/mol. The number of hydrogen-bond acceptors (Lipinski definition) is 7. The van der Waals surface area contributed by atoms with Crippen LogP contribution in [0, 0.1) is 5.92 Å². The first kappa shape index (κ1) is 27.6. The first-order valence-electron chi connectivity index (χ1n) is 12.5.